The molecule has 3 aromatic heterocycles. The van der Waals surface area contributed by atoms with Crippen molar-refractivity contribution in [2.45, 2.75) is 0 Å². The van der Waals surface area contributed by atoms with Gasteiger partial charge >= 0.3 is 0 Å². The van der Waals surface area contributed by atoms with Gasteiger partial charge in [0, 0.05) is 43.9 Å². The van der Waals surface area contributed by atoms with Crippen molar-refractivity contribution in [3.8, 4) is 73.2 Å². The molecule has 0 saturated carbocycles. The van der Waals surface area contributed by atoms with Gasteiger partial charge in [-0.3, -0.25) is 0 Å². The first-order chi connectivity index (χ1) is 30.7. The third-order valence-corrected chi connectivity index (χ3v) is 11.8. The van der Waals surface area contributed by atoms with Crippen molar-refractivity contribution in [2.75, 3.05) is 0 Å². The minimum Gasteiger partial charge on any atom is -0.456 e. The molecule has 0 amide bonds. The summed E-state index contributed by atoms with van der Waals surface area (Å²) in [5.41, 5.74) is 14.6. The molecule has 3 heterocycles. The fourth-order valence-corrected chi connectivity index (χ4v) is 8.80. The van der Waals surface area contributed by atoms with Gasteiger partial charge in [-0.2, -0.15) is 0 Å². The van der Waals surface area contributed by atoms with Gasteiger partial charge in [-0.1, -0.05) is 170 Å². The van der Waals surface area contributed by atoms with Crippen LogP contribution in [0.1, 0.15) is 0 Å². The summed E-state index contributed by atoms with van der Waals surface area (Å²) in [4.78, 5) is 15.3. The Balaban J connectivity index is 1.03. The Labute approximate surface area is 357 Å². The molecular weight excluding hydrogens is 757 g/mol. The molecule has 0 spiro atoms. The zero-order valence-corrected chi connectivity index (χ0v) is 33.5. The molecule has 0 N–H and O–H groups in total. The van der Waals surface area contributed by atoms with Crippen LogP contribution in [0.2, 0.25) is 0 Å². The number of aromatic nitrogens is 4. The lowest BCUT2D eigenvalue weighted by molar-refractivity contribution is 0.669. The summed E-state index contributed by atoms with van der Waals surface area (Å²) in [5.74, 6) is 1.86. The molecule has 290 valence electrons. The molecule has 5 nitrogen and oxygen atoms in total. The Kier molecular flexibility index (Phi) is 8.42. The van der Waals surface area contributed by atoms with E-state index in [-0.39, 0.29) is 0 Å². The summed E-state index contributed by atoms with van der Waals surface area (Å²) in [6, 6.07) is 76.5. The number of fused-ring (bicyclic) bond motifs is 6. The van der Waals surface area contributed by atoms with Gasteiger partial charge in [0.05, 0.1) is 11.0 Å². The topological polar surface area (TPSA) is 56.7 Å². The first-order valence-corrected chi connectivity index (χ1v) is 20.8. The van der Waals surface area contributed by atoms with E-state index in [1.165, 1.54) is 10.9 Å². The third kappa shape index (κ3) is 6.23. The van der Waals surface area contributed by atoms with Crippen molar-refractivity contribution in [3.05, 3.63) is 218 Å². The van der Waals surface area contributed by atoms with Crippen molar-refractivity contribution in [2.24, 2.45) is 0 Å². The first kappa shape index (κ1) is 35.5. The van der Waals surface area contributed by atoms with Crippen LogP contribution in [0.3, 0.4) is 0 Å². The van der Waals surface area contributed by atoms with E-state index in [2.05, 4.69) is 174 Å². The molecule has 0 atom stereocenters. The Hall–Kier alpha value is -8.41. The molecule has 0 aliphatic carbocycles. The van der Waals surface area contributed by atoms with Crippen LogP contribution >= 0.6 is 0 Å². The highest BCUT2D eigenvalue weighted by Crippen LogP contribution is 2.40. The molecule has 62 heavy (non-hydrogen) atoms. The molecular formula is C57H36N4O. The predicted molar refractivity (Wildman–Crippen MR) is 254 cm³/mol. The average molecular weight is 793 g/mol. The van der Waals surface area contributed by atoms with Gasteiger partial charge in [0.1, 0.15) is 11.2 Å². The molecule has 0 saturated heterocycles. The van der Waals surface area contributed by atoms with Crippen LogP contribution in [0.25, 0.3) is 117 Å². The average Bonchev–Trinajstić information content (AvgIpc) is 3.88. The highest BCUT2D eigenvalue weighted by Gasteiger charge is 2.19. The van der Waals surface area contributed by atoms with E-state index in [1.54, 1.807) is 0 Å². The Morgan fingerprint density at radius 2 is 0.758 bits per heavy atom. The maximum Gasteiger partial charge on any atom is 0.164 e. The molecule has 12 rings (SSSR count). The second kappa shape index (κ2) is 14.7. The first-order valence-electron chi connectivity index (χ1n) is 20.8. The predicted octanol–water partition coefficient (Wildman–Crippen LogP) is 14.9. The van der Waals surface area contributed by atoms with E-state index in [0.717, 1.165) is 88.6 Å². The zero-order chi connectivity index (χ0) is 41.0. The molecule has 0 fully saturated rings. The molecule has 12 aromatic rings. The SMILES string of the molecule is c1ccc(-c2ccc(-c3nc(-c4ccccc4)nc(-c4cccc(-c5cc(-c6ccccc6)cc(-n6c7ccccc7c7cc8oc9ccccc9c8cc76)c5)c4)n3)cc2)cc1. The summed E-state index contributed by atoms with van der Waals surface area (Å²) >= 11 is 0. The Bertz CT molecular complexity index is 3610. The largest absolute Gasteiger partial charge is 0.456 e. The van der Waals surface area contributed by atoms with Gasteiger partial charge in [-0.05, 0) is 81.9 Å². The molecule has 0 aliphatic rings. The summed E-state index contributed by atoms with van der Waals surface area (Å²) in [7, 11) is 0. The summed E-state index contributed by atoms with van der Waals surface area (Å²) in [5, 5.41) is 4.53. The number of furan rings is 1. The minimum absolute atomic E-state index is 0.612. The molecule has 5 heteroatoms. The molecule has 0 unspecified atom stereocenters. The fraction of sp³-hybridized carbons (Fsp3) is 0. The number of rotatable bonds is 7. The third-order valence-electron chi connectivity index (χ3n) is 11.8. The molecule has 0 bridgehead atoms. The van der Waals surface area contributed by atoms with Gasteiger partial charge in [-0.15, -0.1) is 0 Å². The molecule has 0 aliphatic heterocycles. The van der Waals surface area contributed by atoms with Crippen molar-refractivity contribution < 1.29 is 4.42 Å². The van der Waals surface area contributed by atoms with Gasteiger partial charge in [-0.25, -0.2) is 15.0 Å². The summed E-state index contributed by atoms with van der Waals surface area (Å²) < 4.78 is 8.79. The maximum atomic E-state index is 6.39. The highest BCUT2D eigenvalue weighted by molar-refractivity contribution is 6.17. The highest BCUT2D eigenvalue weighted by atomic mass is 16.3. The monoisotopic (exact) mass is 792 g/mol. The second-order valence-corrected chi connectivity index (χ2v) is 15.6. The van der Waals surface area contributed by atoms with Gasteiger partial charge in [0.2, 0.25) is 0 Å². The number of nitrogens with zero attached hydrogens (tertiary/aromatic N) is 4. The van der Waals surface area contributed by atoms with Crippen LogP contribution in [0.4, 0.5) is 0 Å². The normalized spacial score (nSPS) is 11.5. The fourth-order valence-electron chi connectivity index (χ4n) is 8.80. The van der Waals surface area contributed by atoms with E-state index in [1.807, 2.05) is 48.5 Å². The lowest BCUT2D eigenvalue weighted by Gasteiger charge is -2.15. The van der Waals surface area contributed by atoms with Crippen LogP contribution in [-0.2, 0) is 0 Å². The summed E-state index contributed by atoms with van der Waals surface area (Å²) in [6.07, 6.45) is 0. The van der Waals surface area contributed by atoms with Crippen LogP contribution < -0.4 is 0 Å². The van der Waals surface area contributed by atoms with E-state index in [0.29, 0.717) is 17.5 Å². The van der Waals surface area contributed by atoms with Gasteiger partial charge in [0.25, 0.3) is 0 Å². The quantitative estimate of drug-likeness (QED) is 0.161. The Morgan fingerprint density at radius 3 is 1.47 bits per heavy atom. The van der Waals surface area contributed by atoms with Crippen LogP contribution in [0, 0.1) is 0 Å². The lowest BCUT2D eigenvalue weighted by Crippen LogP contribution is -2.00. The zero-order valence-electron chi connectivity index (χ0n) is 33.5. The van der Waals surface area contributed by atoms with Crippen LogP contribution in [-0.4, -0.2) is 19.5 Å². The van der Waals surface area contributed by atoms with Crippen molar-refractivity contribution in [3.63, 3.8) is 0 Å². The standard InChI is InChI=1S/C57H36N4O/c1-4-15-37(16-5-1)39-27-29-41(30-28-39)56-58-55(40-19-8-3-9-20-40)59-57(60-56)43-22-14-21-42(31-43)45-32-44(38-17-6-2-7-18-38)33-46(34-45)61-51-25-12-10-23-47(51)49-36-54-50(35-52(49)61)48-24-11-13-26-53(48)62-54/h1-36H. The van der Waals surface area contributed by atoms with Gasteiger partial charge < -0.3 is 8.98 Å². The summed E-state index contributed by atoms with van der Waals surface area (Å²) in [6.45, 7) is 0. The number of benzene rings is 9. The Morgan fingerprint density at radius 1 is 0.274 bits per heavy atom. The lowest BCUT2D eigenvalue weighted by atomic mass is 9.96. The molecule has 0 radical (unpaired) electrons. The van der Waals surface area contributed by atoms with E-state index < -0.39 is 0 Å². The number of para-hydroxylation sites is 2. The smallest absolute Gasteiger partial charge is 0.164 e. The van der Waals surface area contributed by atoms with Crippen molar-refractivity contribution in [1.29, 1.82) is 0 Å². The van der Waals surface area contributed by atoms with E-state index in [4.69, 9.17) is 19.4 Å². The van der Waals surface area contributed by atoms with Gasteiger partial charge in [0.15, 0.2) is 17.5 Å². The second-order valence-electron chi connectivity index (χ2n) is 15.6. The van der Waals surface area contributed by atoms with E-state index >= 15 is 0 Å². The van der Waals surface area contributed by atoms with Crippen molar-refractivity contribution >= 4 is 43.7 Å². The number of hydrogen-bond donors (Lipinski definition) is 0. The van der Waals surface area contributed by atoms with Crippen molar-refractivity contribution in [1.82, 2.24) is 19.5 Å². The maximum absolute atomic E-state index is 6.39. The van der Waals surface area contributed by atoms with E-state index in [9.17, 15) is 0 Å². The van der Waals surface area contributed by atoms with Crippen LogP contribution in [0.15, 0.2) is 223 Å². The van der Waals surface area contributed by atoms with Crippen LogP contribution in [0.5, 0.6) is 0 Å². The minimum atomic E-state index is 0.612. The number of hydrogen-bond acceptors (Lipinski definition) is 4. The molecule has 9 aromatic carbocycles.